The molecule has 10 aromatic carbocycles. The minimum absolute atomic E-state index is 0.421. The van der Waals surface area contributed by atoms with Crippen LogP contribution in [0.4, 0.5) is 17.1 Å². The van der Waals surface area contributed by atoms with Crippen LogP contribution in [-0.4, -0.2) is 4.57 Å². The van der Waals surface area contributed by atoms with Crippen LogP contribution < -0.4 is 4.90 Å². The van der Waals surface area contributed by atoms with Gasteiger partial charge in [-0.1, -0.05) is 194 Å². The van der Waals surface area contributed by atoms with Crippen molar-refractivity contribution in [2.75, 3.05) is 4.90 Å². The van der Waals surface area contributed by atoms with Gasteiger partial charge in [0.15, 0.2) is 0 Å². The monoisotopic (exact) mass is 880 g/mol. The van der Waals surface area contributed by atoms with Gasteiger partial charge in [0.1, 0.15) is 0 Å². The fourth-order valence-electron chi connectivity index (χ4n) is 11.5. The van der Waals surface area contributed by atoms with E-state index in [-0.39, 0.29) is 0 Å². The van der Waals surface area contributed by atoms with Gasteiger partial charge in [-0.2, -0.15) is 0 Å². The molecule has 0 bridgehead atoms. The third-order valence-corrected chi connectivity index (χ3v) is 14.6. The van der Waals surface area contributed by atoms with Crippen molar-refractivity contribution in [2.45, 2.75) is 18.3 Å². The van der Waals surface area contributed by atoms with E-state index in [2.05, 4.69) is 276 Å². The van der Waals surface area contributed by atoms with E-state index in [0.717, 1.165) is 29.9 Å². The third kappa shape index (κ3) is 6.79. The van der Waals surface area contributed by atoms with Crippen LogP contribution in [0.5, 0.6) is 0 Å². The predicted molar refractivity (Wildman–Crippen MR) is 290 cm³/mol. The molecule has 0 amide bonds. The molecule has 0 radical (unpaired) electrons. The minimum Gasteiger partial charge on any atom is -0.310 e. The van der Waals surface area contributed by atoms with Crippen LogP contribution in [0, 0.1) is 0 Å². The number of anilines is 3. The summed E-state index contributed by atoms with van der Waals surface area (Å²) in [5, 5.41) is 2.51. The summed E-state index contributed by atoms with van der Waals surface area (Å²) < 4.78 is 2.38. The highest BCUT2D eigenvalue weighted by molar-refractivity contribution is 6.10. The number of benzene rings is 10. The van der Waals surface area contributed by atoms with Crippen molar-refractivity contribution in [1.29, 1.82) is 0 Å². The number of nitrogens with zero attached hydrogens (tertiary/aromatic N) is 2. The molecule has 69 heavy (non-hydrogen) atoms. The molecule has 13 rings (SSSR count). The van der Waals surface area contributed by atoms with Crippen LogP contribution in [0.2, 0.25) is 0 Å². The summed E-state index contributed by atoms with van der Waals surface area (Å²) in [5.41, 5.74) is 21.7. The quantitative estimate of drug-likeness (QED) is 0.140. The zero-order chi connectivity index (χ0) is 45.7. The first kappa shape index (κ1) is 40.5. The van der Waals surface area contributed by atoms with Crippen LogP contribution in [0.15, 0.2) is 273 Å². The lowest BCUT2D eigenvalue weighted by Crippen LogP contribution is -2.30. The topological polar surface area (TPSA) is 8.17 Å². The Labute approximate surface area is 404 Å². The second kappa shape index (κ2) is 16.9. The summed E-state index contributed by atoms with van der Waals surface area (Å²) in [6.45, 7) is 0. The van der Waals surface area contributed by atoms with Gasteiger partial charge in [0.05, 0.1) is 16.4 Å². The molecule has 2 aliphatic carbocycles. The summed E-state index contributed by atoms with van der Waals surface area (Å²) in [7, 11) is 0. The van der Waals surface area contributed by atoms with E-state index >= 15 is 0 Å². The molecule has 0 spiro atoms. The van der Waals surface area contributed by atoms with Crippen molar-refractivity contribution in [2.24, 2.45) is 0 Å². The highest BCUT2D eigenvalue weighted by atomic mass is 15.1. The van der Waals surface area contributed by atoms with Crippen molar-refractivity contribution in [3.63, 3.8) is 0 Å². The summed E-state index contributed by atoms with van der Waals surface area (Å²) in [4.78, 5) is 2.43. The van der Waals surface area contributed by atoms with Gasteiger partial charge in [0.25, 0.3) is 0 Å². The van der Waals surface area contributed by atoms with Gasteiger partial charge in [-0.05, 0) is 152 Å². The van der Waals surface area contributed by atoms with E-state index < -0.39 is 5.41 Å². The zero-order valence-electron chi connectivity index (χ0n) is 38.2. The van der Waals surface area contributed by atoms with Gasteiger partial charge < -0.3 is 9.47 Å². The smallest absolute Gasteiger partial charge is 0.0677 e. The highest BCUT2D eigenvalue weighted by Gasteiger charge is 2.47. The summed E-state index contributed by atoms with van der Waals surface area (Å²) in [6, 6.07) is 93.7. The van der Waals surface area contributed by atoms with Gasteiger partial charge in [0.2, 0.25) is 0 Å². The number of fused-ring (bicyclic) bond motifs is 5. The molecular formula is C67H48N2. The normalized spacial score (nSPS) is 13.7. The SMILES string of the molecule is C1=CC2=C(CC1)C(c1ccccc1)(c1ccccc1)c1cc(N(c3ccc(-c4ccccc4)cc3)c3ccc(-c4cccc(-c5ccc6c(c5)c5ccccc5n6-c5ccccc5)c4)cc3)ccc12. The Morgan fingerprint density at radius 1 is 0.377 bits per heavy atom. The fourth-order valence-corrected chi connectivity index (χ4v) is 11.5. The van der Waals surface area contributed by atoms with E-state index in [0.29, 0.717) is 0 Å². The molecule has 0 fully saturated rings. The van der Waals surface area contributed by atoms with E-state index in [1.807, 2.05) is 0 Å². The molecule has 0 N–H and O–H groups in total. The van der Waals surface area contributed by atoms with Crippen LogP contribution >= 0.6 is 0 Å². The summed E-state index contributed by atoms with van der Waals surface area (Å²) >= 11 is 0. The molecule has 1 aromatic heterocycles. The molecule has 2 heteroatoms. The molecule has 2 nitrogen and oxygen atoms in total. The van der Waals surface area contributed by atoms with Crippen molar-refractivity contribution in [3.8, 4) is 39.1 Å². The van der Waals surface area contributed by atoms with Gasteiger partial charge in [-0.25, -0.2) is 0 Å². The van der Waals surface area contributed by atoms with E-state index in [9.17, 15) is 0 Å². The van der Waals surface area contributed by atoms with Crippen molar-refractivity contribution >= 4 is 44.4 Å². The molecule has 1 heterocycles. The number of aromatic nitrogens is 1. The van der Waals surface area contributed by atoms with Crippen molar-refractivity contribution in [3.05, 3.63) is 295 Å². The molecule has 0 atom stereocenters. The Morgan fingerprint density at radius 3 is 1.57 bits per heavy atom. The van der Waals surface area contributed by atoms with Crippen LogP contribution in [0.1, 0.15) is 35.1 Å². The second-order valence-corrected chi connectivity index (χ2v) is 18.3. The number of allylic oxidation sites excluding steroid dienone is 4. The fraction of sp³-hybridized carbons (Fsp3) is 0.0448. The maximum Gasteiger partial charge on any atom is 0.0677 e. The van der Waals surface area contributed by atoms with E-state index in [4.69, 9.17) is 0 Å². The Kier molecular flexibility index (Phi) is 9.91. The third-order valence-electron chi connectivity index (χ3n) is 14.6. The Balaban J connectivity index is 0.915. The largest absolute Gasteiger partial charge is 0.310 e. The Morgan fingerprint density at radius 2 is 0.884 bits per heavy atom. The molecular weight excluding hydrogens is 833 g/mol. The zero-order valence-corrected chi connectivity index (χ0v) is 38.2. The molecule has 326 valence electrons. The van der Waals surface area contributed by atoms with Crippen LogP contribution in [0.25, 0.3) is 66.4 Å². The molecule has 0 saturated heterocycles. The molecule has 0 aliphatic heterocycles. The number of para-hydroxylation sites is 2. The molecule has 11 aromatic rings. The first-order valence-electron chi connectivity index (χ1n) is 24.1. The molecule has 0 saturated carbocycles. The van der Waals surface area contributed by atoms with Crippen LogP contribution in [-0.2, 0) is 5.41 Å². The highest BCUT2D eigenvalue weighted by Crippen LogP contribution is 2.58. The van der Waals surface area contributed by atoms with Gasteiger partial charge in [-0.15, -0.1) is 0 Å². The Bertz CT molecular complexity index is 3690. The maximum absolute atomic E-state index is 2.48. The number of rotatable bonds is 9. The minimum atomic E-state index is -0.421. The van der Waals surface area contributed by atoms with E-state index in [1.165, 1.54) is 94.3 Å². The summed E-state index contributed by atoms with van der Waals surface area (Å²) in [6.07, 6.45) is 6.78. The van der Waals surface area contributed by atoms with Crippen LogP contribution in [0.3, 0.4) is 0 Å². The lowest BCUT2D eigenvalue weighted by Gasteiger charge is -2.37. The average Bonchev–Trinajstić information content (AvgIpc) is 3.92. The second-order valence-electron chi connectivity index (χ2n) is 18.3. The van der Waals surface area contributed by atoms with Gasteiger partial charge in [-0.3, -0.25) is 0 Å². The molecule has 2 aliphatic rings. The number of hydrogen-bond donors (Lipinski definition) is 0. The maximum atomic E-state index is 2.48. The van der Waals surface area contributed by atoms with E-state index in [1.54, 1.807) is 0 Å². The van der Waals surface area contributed by atoms with Gasteiger partial charge >= 0.3 is 0 Å². The first-order chi connectivity index (χ1) is 34.2. The number of hydrogen-bond acceptors (Lipinski definition) is 1. The van der Waals surface area contributed by atoms with Gasteiger partial charge in [0, 0.05) is 33.5 Å². The summed E-state index contributed by atoms with van der Waals surface area (Å²) in [5.74, 6) is 0. The van der Waals surface area contributed by atoms with Crippen molar-refractivity contribution < 1.29 is 0 Å². The molecule has 0 unspecified atom stereocenters. The Hall–Kier alpha value is -8.72. The standard InChI is InChI=1S/C67H48N2/c1-5-18-47(19-6-1)48-32-37-56(38-33-48)68(58-41-42-60-59-28-13-15-30-63(59)67(64(60)46-58,53-22-7-2-8-23-53)54-24-9-3-10-25-54)57-39-34-49(35-40-57)50-20-17-21-51(44-50)52-36-43-66-62(45-52)61-29-14-16-31-65(61)69(66)55-26-11-4-12-27-55/h1-14,16-29,31-46H,15,30H2. The lowest BCUT2D eigenvalue weighted by atomic mass is 9.65. The first-order valence-corrected chi connectivity index (χ1v) is 24.1. The average molecular weight is 881 g/mol. The van der Waals surface area contributed by atoms with Crippen molar-refractivity contribution in [1.82, 2.24) is 4.57 Å². The lowest BCUT2D eigenvalue weighted by molar-refractivity contribution is 0.696. The predicted octanol–water partition coefficient (Wildman–Crippen LogP) is 17.7.